The summed E-state index contributed by atoms with van der Waals surface area (Å²) in [7, 11) is 1.72. The number of hydrogen-bond donors (Lipinski definition) is 1. The molecule has 1 unspecified atom stereocenters. The van der Waals surface area contributed by atoms with E-state index >= 15 is 0 Å². The van der Waals surface area contributed by atoms with Crippen molar-refractivity contribution in [3.63, 3.8) is 0 Å². The smallest absolute Gasteiger partial charge is 0.319 e. The Kier molecular flexibility index (Phi) is 5.36. The Balaban J connectivity index is 1.69. The van der Waals surface area contributed by atoms with Crippen LogP contribution in [-0.2, 0) is 4.79 Å². The topological polar surface area (TPSA) is 65.5 Å². The number of piperidine rings is 1. The molecule has 0 spiro atoms. The molecule has 0 saturated carbocycles. The number of urea groups is 1. The molecule has 0 bridgehead atoms. The maximum Gasteiger partial charge on any atom is 0.319 e. The van der Waals surface area contributed by atoms with Crippen molar-refractivity contribution < 1.29 is 18.4 Å². The first-order chi connectivity index (χ1) is 12.4. The van der Waals surface area contributed by atoms with Crippen LogP contribution in [-0.4, -0.2) is 53.4 Å². The standard InChI is InChI=1S/C17H20F2N4O2S/c1-3-22(2)17(25)23-6-4-5-10(9-23)15(24)21-16-20-14-12(19)7-11(18)8-13(14)26-16/h7-8,10H,3-6,9H2,1-2H3,(H,20,21,24). The fourth-order valence-electron chi connectivity index (χ4n) is 2.96. The van der Waals surface area contributed by atoms with Gasteiger partial charge in [0, 0.05) is 32.7 Å². The summed E-state index contributed by atoms with van der Waals surface area (Å²) >= 11 is 1.02. The van der Waals surface area contributed by atoms with Gasteiger partial charge in [-0.2, -0.15) is 0 Å². The second kappa shape index (κ2) is 7.53. The SMILES string of the molecule is CCN(C)C(=O)N1CCCC(C(=O)Nc2nc3c(F)cc(F)cc3s2)C1. The molecule has 140 valence electrons. The Morgan fingerprint density at radius 2 is 2.19 bits per heavy atom. The summed E-state index contributed by atoms with van der Waals surface area (Å²) in [5, 5.41) is 2.90. The minimum absolute atomic E-state index is 0.0386. The molecule has 3 amide bonds. The number of amides is 3. The Morgan fingerprint density at radius 3 is 2.92 bits per heavy atom. The van der Waals surface area contributed by atoms with Crippen LogP contribution in [0.3, 0.4) is 0 Å². The molecule has 3 rings (SSSR count). The maximum absolute atomic E-state index is 13.7. The van der Waals surface area contributed by atoms with Gasteiger partial charge >= 0.3 is 6.03 Å². The van der Waals surface area contributed by atoms with Crippen LogP contribution in [0.25, 0.3) is 10.2 Å². The highest BCUT2D eigenvalue weighted by Gasteiger charge is 2.30. The lowest BCUT2D eigenvalue weighted by atomic mass is 9.97. The first-order valence-corrected chi connectivity index (χ1v) is 9.27. The monoisotopic (exact) mass is 382 g/mol. The van der Waals surface area contributed by atoms with Crippen LogP contribution in [0, 0.1) is 17.6 Å². The lowest BCUT2D eigenvalue weighted by molar-refractivity contribution is -0.121. The summed E-state index contributed by atoms with van der Waals surface area (Å²) < 4.78 is 27.4. The third kappa shape index (κ3) is 3.77. The average Bonchev–Trinajstić information content (AvgIpc) is 3.03. The van der Waals surface area contributed by atoms with Gasteiger partial charge in [-0.3, -0.25) is 4.79 Å². The van der Waals surface area contributed by atoms with Gasteiger partial charge in [0.15, 0.2) is 10.9 Å². The second-order valence-electron chi connectivity index (χ2n) is 6.32. The molecule has 6 nitrogen and oxygen atoms in total. The molecule has 0 radical (unpaired) electrons. The summed E-state index contributed by atoms with van der Waals surface area (Å²) in [6.07, 6.45) is 1.40. The number of hydrogen-bond acceptors (Lipinski definition) is 4. The van der Waals surface area contributed by atoms with Crippen molar-refractivity contribution in [2.24, 2.45) is 5.92 Å². The van der Waals surface area contributed by atoms with Gasteiger partial charge in [0.2, 0.25) is 5.91 Å². The van der Waals surface area contributed by atoms with Crippen molar-refractivity contribution in [2.75, 3.05) is 32.0 Å². The summed E-state index contributed by atoms with van der Waals surface area (Å²) in [6, 6.07) is 1.86. The van der Waals surface area contributed by atoms with Gasteiger partial charge in [-0.1, -0.05) is 11.3 Å². The summed E-state index contributed by atoms with van der Waals surface area (Å²) in [6.45, 7) is 3.45. The highest BCUT2D eigenvalue weighted by atomic mass is 32.1. The number of rotatable bonds is 3. The summed E-state index contributed by atoms with van der Waals surface area (Å²) in [4.78, 5) is 32.1. The average molecular weight is 382 g/mol. The van der Waals surface area contributed by atoms with Crippen molar-refractivity contribution in [3.05, 3.63) is 23.8 Å². The number of halogens is 2. The molecule has 1 aromatic carbocycles. The molecule has 9 heteroatoms. The summed E-state index contributed by atoms with van der Waals surface area (Å²) in [5.74, 6) is -2.06. The van der Waals surface area contributed by atoms with E-state index in [0.29, 0.717) is 30.8 Å². The van der Waals surface area contributed by atoms with Gasteiger partial charge < -0.3 is 15.1 Å². The Bertz CT molecular complexity index is 842. The normalized spacial score (nSPS) is 17.4. The molecule has 1 saturated heterocycles. The third-order valence-electron chi connectivity index (χ3n) is 4.51. The zero-order valence-corrected chi connectivity index (χ0v) is 15.4. The first kappa shape index (κ1) is 18.5. The van der Waals surface area contributed by atoms with Crippen LogP contribution in [0.1, 0.15) is 19.8 Å². The molecule has 1 fully saturated rings. The third-order valence-corrected chi connectivity index (χ3v) is 5.42. The molecular weight excluding hydrogens is 362 g/mol. The molecule has 1 aliphatic heterocycles. The van der Waals surface area contributed by atoms with Crippen LogP contribution in [0.2, 0.25) is 0 Å². The number of aromatic nitrogens is 1. The maximum atomic E-state index is 13.7. The number of nitrogens with one attached hydrogen (secondary N) is 1. The molecule has 2 aromatic rings. The van der Waals surface area contributed by atoms with E-state index in [0.717, 1.165) is 23.8 Å². The molecule has 26 heavy (non-hydrogen) atoms. The predicted molar refractivity (Wildman–Crippen MR) is 96.2 cm³/mol. The van der Waals surface area contributed by atoms with E-state index in [1.165, 1.54) is 6.07 Å². The predicted octanol–water partition coefficient (Wildman–Crippen LogP) is 3.30. The van der Waals surface area contributed by atoms with Crippen molar-refractivity contribution >= 4 is 38.6 Å². The van der Waals surface area contributed by atoms with Crippen LogP contribution in [0.4, 0.5) is 18.7 Å². The minimum Gasteiger partial charge on any atom is -0.328 e. The van der Waals surface area contributed by atoms with E-state index < -0.39 is 11.6 Å². The van der Waals surface area contributed by atoms with Crippen LogP contribution >= 0.6 is 11.3 Å². The Morgan fingerprint density at radius 1 is 1.42 bits per heavy atom. The zero-order valence-electron chi connectivity index (χ0n) is 14.6. The second-order valence-corrected chi connectivity index (χ2v) is 7.36. The number of carbonyl (C=O) groups excluding carboxylic acids is 2. The fourth-order valence-corrected chi connectivity index (χ4v) is 3.87. The Hall–Kier alpha value is -2.29. The fraction of sp³-hybridized carbons (Fsp3) is 0.471. The van der Waals surface area contributed by atoms with E-state index in [9.17, 15) is 18.4 Å². The van der Waals surface area contributed by atoms with Gasteiger partial charge in [-0.15, -0.1) is 0 Å². The van der Waals surface area contributed by atoms with Gasteiger partial charge in [-0.25, -0.2) is 18.6 Å². The van der Waals surface area contributed by atoms with E-state index in [2.05, 4.69) is 10.3 Å². The van der Waals surface area contributed by atoms with Gasteiger partial charge in [-0.05, 0) is 25.8 Å². The number of nitrogens with zero attached hydrogens (tertiary/aromatic N) is 3. The van der Waals surface area contributed by atoms with E-state index in [-0.39, 0.29) is 28.5 Å². The van der Waals surface area contributed by atoms with Crippen LogP contribution in [0.5, 0.6) is 0 Å². The van der Waals surface area contributed by atoms with Crippen LogP contribution in [0.15, 0.2) is 12.1 Å². The molecule has 1 aromatic heterocycles. The van der Waals surface area contributed by atoms with E-state index in [1.807, 2.05) is 6.92 Å². The number of benzene rings is 1. The lowest BCUT2D eigenvalue weighted by Gasteiger charge is -2.34. The highest BCUT2D eigenvalue weighted by Crippen LogP contribution is 2.29. The zero-order chi connectivity index (χ0) is 18.8. The number of anilines is 1. The van der Waals surface area contributed by atoms with Crippen molar-refractivity contribution in [3.8, 4) is 0 Å². The molecule has 0 aliphatic carbocycles. The number of carbonyl (C=O) groups is 2. The number of fused-ring (bicyclic) bond motifs is 1. The molecule has 1 atom stereocenters. The molecule has 1 N–H and O–H groups in total. The van der Waals surface area contributed by atoms with Gasteiger partial charge in [0.05, 0.1) is 10.6 Å². The van der Waals surface area contributed by atoms with Gasteiger partial charge in [0.25, 0.3) is 0 Å². The molecule has 1 aliphatic rings. The summed E-state index contributed by atoms with van der Waals surface area (Å²) in [5.41, 5.74) is 0.0386. The van der Waals surface area contributed by atoms with Crippen LogP contribution < -0.4 is 5.32 Å². The number of likely N-dealkylation sites (tertiary alicyclic amines) is 1. The van der Waals surface area contributed by atoms with Crippen molar-refractivity contribution in [2.45, 2.75) is 19.8 Å². The first-order valence-electron chi connectivity index (χ1n) is 8.45. The lowest BCUT2D eigenvalue weighted by Crippen LogP contribution is -2.48. The van der Waals surface area contributed by atoms with Crippen molar-refractivity contribution in [1.29, 1.82) is 0 Å². The van der Waals surface area contributed by atoms with E-state index in [4.69, 9.17) is 0 Å². The van der Waals surface area contributed by atoms with Gasteiger partial charge in [0.1, 0.15) is 11.3 Å². The molecular formula is C17H20F2N4O2S. The van der Waals surface area contributed by atoms with Crippen molar-refractivity contribution in [1.82, 2.24) is 14.8 Å². The minimum atomic E-state index is -0.756. The molecule has 2 heterocycles. The largest absolute Gasteiger partial charge is 0.328 e. The Labute approximate surface area is 153 Å². The number of thiazole rings is 1. The quantitative estimate of drug-likeness (QED) is 0.886. The highest BCUT2D eigenvalue weighted by molar-refractivity contribution is 7.22. The van der Waals surface area contributed by atoms with E-state index in [1.54, 1.807) is 16.8 Å².